The van der Waals surface area contributed by atoms with Crippen LogP contribution in [0.1, 0.15) is 75.2 Å². The molecule has 0 saturated carbocycles. The second kappa shape index (κ2) is 14.3. The molecular formula is C45H46N4OPd. The Morgan fingerprint density at radius 2 is 1.55 bits per heavy atom. The second-order valence-corrected chi connectivity index (χ2v) is 15.0. The van der Waals surface area contributed by atoms with Crippen molar-refractivity contribution in [3.63, 3.8) is 0 Å². The van der Waals surface area contributed by atoms with Crippen LogP contribution < -0.4 is 4.74 Å². The van der Waals surface area contributed by atoms with Crippen LogP contribution in [0, 0.1) is 38.8 Å². The summed E-state index contributed by atoms with van der Waals surface area (Å²) in [7, 11) is 0. The molecule has 5 nitrogen and oxygen atoms in total. The molecule has 3 heterocycles. The average molecular weight is 765 g/mol. The van der Waals surface area contributed by atoms with E-state index in [4.69, 9.17) is 14.8 Å². The third-order valence-electron chi connectivity index (χ3n) is 9.64. The van der Waals surface area contributed by atoms with Crippen molar-refractivity contribution in [1.29, 1.82) is 0 Å². The van der Waals surface area contributed by atoms with Gasteiger partial charge in [0.05, 0.1) is 11.4 Å². The van der Waals surface area contributed by atoms with Crippen LogP contribution in [-0.2, 0) is 38.7 Å². The van der Waals surface area contributed by atoms with E-state index in [1.54, 1.807) is 0 Å². The Labute approximate surface area is 316 Å². The predicted molar refractivity (Wildman–Crippen MR) is 206 cm³/mol. The molecule has 0 aliphatic heterocycles. The first-order chi connectivity index (χ1) is 23.9. The van der Waals surface area contributed by atoms with E-state index in [0.717, 1.165) is 57.4 Å². The number of rotatable bonds is 8. The molecule has 0 atom stereocenters. The van der Waals surface area contributed by atoms with Crippen molar-refractivity contribution in [2.75, 3.05) is 0 Å². The second-order valence-electron chi connectivity index (χ2n) is 15.0. The molecule has 0 amide bonds. The number of ether oxygens (including phenoxy) is 1. The van der Waals surface area contributed by atoms with E-state index in [2.05, 4.69) is 156 Å². The van der Waals surface area contributed by atoms with Gasteiger partial charge in [-0.15, -0.1) is 41.3 Å². The molecule has 51 heavy (non-hydrogen) atoms. The molecule has 0 N–H and O–H groups in total. The fourth-order valence-corrected chi connectivity index (χ4v) is 7.11. The van der Waals surface area contributed by atoms with Crippen LogP contribution in [0.3, 0.4) is 0 Å². The van der Waals surface area contributed by atoms with E-state index >= 15 is 0 Å². The minimum absolute atomic E-state index is 0. The van der Waals surface area contributed by atoms with Crippen LogP contribution >= 0.6 is 0 Å². The van der Waals surface area contributed by atoms with Gasteiger partial charge >= 0.3 is 20.4 Å². The van der Waals surface area contributed by atoms with Gasteiger partial charge in [0.1, 0.15) is 5.82 Å². The number of aromatic nitrogens is 4. The van der Waals surface area contributed by atoms with E-state index in [9.17, 15) is 0 Å². The third-order valence-corrected chi connectivity index (χ3v) is 9.64. The van der Waals surface area contributed by atoms with E-state index < -0.39 is 0 Å². The number of pyridine rings is 1. The molecule has 7 aromatic rings. The maximum absolute atomic E-state index is 6.71. The van der Waals surface area contributed by atoms with Gasteiger partial charge in [0.25, 0.3) is 0 Å². The van der Waals surface area contributed by atoms with E-state index in [1.807, 2.05) is 12.3 Å². The van der Waals surface area contributed by atoms with Crippen LogP contribution in [0.2, 0.25) is 0 Å². The number of nitrogens with zero attached hydrogens (tertiary/aromatic N) is 4. The van der Waals surface area contributed by atoms with Crippen molar-refractivity contribution < 1.29 is 25.2 Å². The van der Waals surface area contributed by atoms with Crippen LogP contribution in [0.15, 0.2) is 85.1 Å². The SMILES string of the molecule is CCc1ccnc(-n2c3[c-]c(Oc4[c-]c(-n5nc(C)c(-c6c(C)cccc6C)c5CC(C)C)cc(C(C)(C)C)c4)ccc3c3ccccc32)c1.[Pd+2]. The molecule has 4 aromatic carbocycles. The summed E-state index contributed by atoms with van der Waals surface area (Å²) < 4.78 is 11.0. The molecule has 0 spiro atoms. The molecule has 0 unspecified atom stereocenters. The summed E-state index contributed by atoms with van der Waals surface area (Å²) in [5.74, 6) is 2.57. The summed E-state index contributed by atoms with van der Waals surface area (Å²) in [6.45, 7) is 19.9. The monoisotopic (exact) mass is 764 g/mol. The van der Waals surface area contributed by atoms with Gasteiger partial charge in [-0.25, -0.2) is 4.98 Å². The van der Waals surface area contributed by atoms with Crippen molar-refractivity contribution in [1.82, 2.24) is 19.3 Å². The topological polar surface area (TPSA) is 44.9 Å². The Hall–Kier alpha value is -4.50. The summed E-state index contributed by atoms with van der Waals surface area (Å²) in [4.78, 5) is 4.78. The summed E-state index contributed by atoms with van der Waals surface area (Å²) >= 11 is 0. The van der Waals surface area contributed by atoms with Crippen LogP contribution in [0.4, 0.5) is 0 Å². The summed E-state index contributed by atoms with van der Waals surface area (Å²) in [6.07, 6.45) is 3.71. The van der Waals surface area contributed by atoms with Gasteiger partial charge < -0.3 is 9.30 Å². The van der Waals surface area contributed by atoms with Crippen molar-refractivity contribution in [3.8, 4) is 34.1 Å². The third kappa shape index (κ3) is 6.93. The predicted octanol–water partition coefficient (Wildman–Crippen LogP) is 11.4. The van der Waals surface area contributed by atoms with Crippen molar-refractivity contribution in [2.24, 2.45) is 5.92 Å². The standard InChI is InChI=1S/C45H46N4O.Pd/c1-10-32-20-21-46-42(23-32)48-39-17-12-11-16-37(39)38-19-18-35(27-40(38)48)50-36-25-33(45(7,8)9)24-34(26-36)49-41(22-28(2)3)44(31(6)47-49)43-29(4)14-13-15-30(43)5;/h11-21,23-25,28H,10,22H2,1-9H3;/q-2;+2. The quantitative estimate of drug-likeness (QED) is 0.114. The zero-order valence-electron chi connectivity index (χ0n) is 31.1. The molecule has 3 aromatic heterocycles. The van der Waals surface area contributed by atoms with Crippen molar-refractivity contribution >= 4 is 21.8 Å². The Kier molecular flexibility index (Phi) is 10.1. The summed E-state index contributed by atoms with van der Waals surface area (Å²) in [5.41, 5.74) is 12.4. The Balaban J connectivity index is 0.00000448. The van der Waals surface area contributed by atoms with Gasteiger partial charge in [0.15, 0.2) is 0 Å². The smallest absolute Gasteiger partial charge is 0.509 e. The van der Waals surface area contributed by atoms with E-state index in [1.165, 1.54) is 33.5 Å². The molecule has 0 bridgehead atoms. The molecule has 262 valence electrons. The maximum atomic E-state index is 6.71. The number of para-hydroxylation sites is 1. The average Bonchev–Trinajstić information content (AvgIpc) is 3.57. The zero-order chi connectivity index (χ0) is 35.3. The van der Waals surface area contributed by atoms with Crippen molar-refractivity contribution in [3.05, 3.63) is 131 Å². The Bertz CT molecular complexity index is 2350. The molecular weight excluding hydrogens is 719 g/mol. The normalized spacial score (nSPS) is 11.8. The van der Waals surface area contributed by atoms with Gasteiger partial charge in [-0.2, -0.15) is 11.2 Å². The summed E-state index contributed by atoms with van der Waals surface area (Å²) in [5, 5.41) is 7.46. The minimum Gasteiger partial charge on any atom is -0.509 e. The van der Waals surface area contributed by atoms with Gasteiger partial charge in [0.2, 0.25) is 0 Å². The van der Waals surface area contributed by atoms with Crippen LogP contribution in [0.25, 0.3) is 44.4 Å². The van der Waals surface area contributed by atoms with Gasteiger partial charge in [0, 0.05) is 28.8 Å². The first-order valence-electron chi connectivity index (χ1n) is 17.7. The number of fused-ring (bicyclic) bond motifs is 3. The molecule has 0 radical (unpaired) electrons. The molecule has 6 heteroatoms. The van der Waals surface area contributed by atoms with E-state index in [-0.39, 0.29) is 25.8 Å². The van der Waals surface area contributed by atoms with E-state index in [0.29, 0.717) is 17.4 Å². The first kappa shape index (κ1) is 36.3. The number of aryl methyl sites for hydroxylation is 4. The van der Waals surface area contributed by atoms with Gasteiger partial charge in [-0.3, -0.25) is 4.68 Å². The molecule has 0 aliphatic rings. The Morgan fingerprint density at radius 3 is 2.25 bits per heavy atom. The maximum Gasteiger partial charge on any atom is 2.00 e. The van der Waals surface area contributed by atoms with Crippen LogP contribution in [-0.4, -0.2) is 19.3 Å². The van der Waals surface area contributed by atoms with Gasteiger partial charge in [-0.1, -0.05) is 83.5 Å². The Morgan fingerprint density at radius 1 is 0.804 bits per heavy atom. The number of hydrogen-bond acceptors (Lipinski definition) is 3. The minimum atomic E-state index is -0.131. The fourth-order valence-electron chi connectivity index (χ4n) is 7.11. The number of benzene rings is 4. The number of hydrogen-bond donors (Lipinski definition) is 0. The fraction of sp³-hybridized carbons (Fsp3) is 0.289. The molecule has 7 rings (SSSR count). The largest absolute Gasteiger partial charge is 2.00 e. The first-order valence-corrected chi connectivity index (χ1v) is 17.7. The zero-order valence-corrected chi connectivity index (χ0v) is 32.6. The van der Waals surface area contributed by atoms with Crippen LogP contribution in [0.5, 0.6) is 11.5 Å². The van der Waals surface area contributed by atoms with Gasteiger partial charge in [-0.05, 0) is 96.5 Å². The molecule has 0 aliphatic carbocycles. The summed E-state index contributed by atoms with van der Waals surface area (Å²) in [6, 6.07) is 34.9. The molecule has 0 fully saturated rings. The van der Waals surface area contributed by atoms with Crippen molar-refractivity contribution in [2.45, 2.75) is 80.6 Å². The molecule has 0 saturated heterocycles.